The third-order valence-corrected chi connectivity index (χ3v) is 8.24. The third kappa shape index (κ3) is 2.41. The minimum Gasteiger partial charge on any atom is -0.298 e. The highest BCUT2D eigenvalue weighted by atomic mass is 35.5. The summed E-state index contributed by atoms with van der Waals surface area (Å²) in [7, 11) is 0. The Morgan fingerprint density at radius 3 is 1.47 bits per heavy atom. The van der Waals surface area contributed by atoms with Crippen molar-refractivity contribution in [3.63, 3.8) is 0 Å². The predicted molar refractivity (Wildman–Crippen MR) is 132 cm³/mol. The summed E-state index contributed by atoms with van der Waals surface area (Å²) in [5.41, 5.74) is 1.78. The van der Waals surface area contributed by atoms with Crippen LogP contribution in [0.25, 0.3) is 11.1 Å². The van der Waals surface area contributed by atoms with Gasteiger partial charge >= 0.3 is 0 Å². The Balaban J connectivity index is 1.62. The Hall–Kier alpha value is -3.50. The van der Waals surface area contributed by atoms with Gasteiger partial charge in [0.2, 0.25) is 11.8 Å². The smallest absolute Gasteiger partial charge is 0.239 e. The van der Waals surface area contributed by atoms with Gasteiger partial charge in [-0.3, -0.25) is 14.4 Å². The van der Waals surface area contributed by atoms with Gasteiger partial charge in [-0.15, -0.1) is 0 Å². The molecule has 4 nitrogen and oxygen atoms in total. The second kappa shape index (κ2) is 7.00. The van der Waals surface area contributed by atoms with E-state index in [1.807, 2.05) is 74.5 Å². The summed E-state index contributed by atoms with van der Waals surface area (Å²) in [6, 6.07) is 26.2. The van der Waals surface area contributed by atoms with Gasteiger partial charge in [0.25, 0.3) is 0 Å². The van der Waals surface area contributed by atoms with Gasteiger partial charge in [-0.05, 0) is 60.4 Å². The molecule has 168 valence electrons. The van der Waals surface area contributed by atoms with Crippen LogP contribution in [0.2, 0.25) is 5.02 Å². The molecule has 34 heavy (non-hydrogen) atoms. The van der Waals surface area contributed by atoms with Gasteiger partial charge in [-0.1, -0.05) is 72.3 Å². The lowest BCUT2D eigenvalue weighted by Crippen LogP contribution is -2.40. The summed E-state index contributed by atoms with van der Waals surface area (Å²) in [6.45, 7) is 3.71. The first-order valence-corrected chi connectivity index (χ1v) is 11.7. The van der Waals surface area contributed by atoms with Crippen LogP contribution in [0.5, 0.6) is 0 Å². The van der Waals surface area contributed by atoms with E-state index in [9.17, 15) is 14.4 Å². The Labute approximate surface area is 202 Å². The highest BCUT2D eigenvalue weighted by Crippen LogP contribution is 2.73. The van der Waals surface area contributed by atoms with Crippen LogP contribution >= 0.6 is 11.6 Å². The summed E-state index contributed by atoms with van der Waals surface area (Å²) >= 11 is 6.04. The van der Waals surface area contributed by atoms with Crippen LogP contribution in [0.3, 0.4) is 0 Å². The number of anilines is 1. The quantitative estimate of drug-likeness (QED) is 0.466. The molecule has 0 spiro atoms. The van der Waals surface area contributed by atoms with Crippen LogP contribution < -0.4 is 4.90 Å². The Morgan fingerprint density at radius 2 is 1.06 bits per heavy atom. The van der Waals surface area contributed by atoms with E-state index in [2.05, 4.69) is 0 Å². The number of amides is 2. The van der Waals surface area contributed by atoms with Gasteiger partial charge < -0.3 is 0 Å². The molecule has 2 bridgehead atoms. The predicted octanol–water partition coefficient (Wildman–Crippen LogP) is 5.67. The molecule has 3 aromatic rings. The van der Waals surface area contributed by atoms with Crippen molar-refractivity contribution in [3.05, 3.63) is 101 Å². The summed E-state index contributed by atoms with van der Waals surface area (Å²) < 4.78 is 0. The van der Waals surface area contributed by atoms with Crippen molar-refractivity contribution < 1.29 is 14.4 Å². The number of carbonyl (C=O) groups excluding carboxylic acids is 3. The zero-order chi connectivity index (χ0) is 23.8. The molecule has 2 fully saturated rings. The van der Waals surface area contributed by atoms with Crippen LogP contribution in [0.4, 0.5) is 5.69 Å². The minimum absolute atomic E-state index is 0.0508. The number of fused-ring (bicyclic) bond motifs is 5. The zero-order valence-electron chi connectivity index (χ0n) is 18.8. The third-order valence-electron chi connectivity index (χ3n) is 7.99. The summed E-state index contributed by atoms with van der Waals surface area (Å²) in [5.74, 6) is -2.20. The molecule has 2 amide bonds. The second-order valence-electron chi connectivity index (χ2n) is 9.66. The lowest BCUT2D eigenvalue weighted by atomic mass is 9.63. The van der Waals surface area contributed by atoms with Crippen molar-refractivity contribution in [2.75, 3.05) is 4.90 Å². The maximum Gasteiger partial charge on any atom is 0.239 e. The van der Waals surface area contributed by atoms with Crippen LogP contribution in [-0.4, -0.2) is 17.6 Å². The number of halogens is 1. The molecule has 4 atom stereocenters. The largest absolute Gasteiger partial charge is 0.298 e. The molecule has 5 heteroatoms. The normalized spacial score (nSPS) is 29.9. The average molecular weight is 468 g/mol. The molecule has 0 radical (unpaired) electrons. The summed E-state index contributed by atoms with van der Waals surface area (Å²) in [5, 5.41) is 0.525. The number of nitrogens with zero attached hydrogens (tertiary/aromatic N) is 1. The highest BCUT2D eigenvalue weighted by Gasteiger charge is 2.78. The highest BCUT2D eigenvalue weighted by molar-refractivity contribution is 6.34. The molecule has 0 unspecified atom stereocenters. The van der Waals surface area contributed by atoms with E-state index in [-0.39, 0.29) is 17.6 Å². The van der Waals surface area contributed by atoms with Gasteiger partial charge in [0.05, 0.1) is 28.4 Å². The van der Waals surface area contributed by atoms with Crippen LogP contribution in [-0.2, 0) is 14.4 Å². The van der Waals surface area contributed by atoms with Crippen molar-refractivity contribution in [2.24, 2.45) is 22.7 Å². The number of hydrogen-bond donors (Lipinski definition) is 0. The zero-order valence-corrected chi connectivity index (χ0v) is 19.5. The van der Waals surface area contributed by atoms with E-state index in [1.165, 1.54) is 4.90 Å². The van der Waals surface area contributed by atoms with E-state index < -0.39 is 22.7 Å². The number of benzene rings is 3. The maximum atomic E-state index is 14.2. The van der Waals surface area contributed by atoms with Gasteiger partial charge in [-0.2, -0.15) is 0 Å². The lowest BCUT2D eigenvalue weighted by molar-refractivity contribution is -0.133. The van der Waals surface area contributed by atoms with Gasteiger partial charge in [0.1, 0.15) is 0 Å². The van der Waals surface area contributed by atoms with Crippen LogP contribution in [0.15, 0.2) is 84.9 Å². The molecule has 6 rings (SSSR count). The summed E-state index contributed by atoms with van der Waals surface area (Å²) in [6.07, 6.45) is 0. The fourth-order valence-corrected chi connectivity index (χ4v) is 6.78. The van der Waals surface area contributed by atoms with E-state index in [1.54, 1.807) is 24.3 Å². The van der Waals surface area contributed by atoms with Gasteiger partial charge in [-0.25, -0.2) is 4.90 Å². The molecule has 1 heterocycles. The standard InChI is InChI=1S/C29H22ClNO3/c1-28-21(17-9-5-3-6-10-17)22(18-11-7-4-8-12-18)29(2,27(28)34)24-23(28)25(32)31(26(24)33)20-15-13-19(30)14-16-20/h3-16,23-24H,1-2H3/t23-,24-,28-,29+/m0/s1. The van der Waals surface area contributed by atoms with Crippen molar-refractivity contribution in [3.8, 4) is 0 Å². The van der Waals surface area contributed by atoms with Crippen LogP contribution in [0.1, 0.15) is 25.0 Å². The number of imide groups is 1. The SMILES string of the molecule is C[C@]12C(=O)[C@](C)(C(c3ccccc3)=C1c1ccccc1)[C@@H]1C(=O)N(c3ccc(Cl)cc3)C(=O)[C@H]12. The van der Waals surface area contributed by atoms with Gasteiger partial charge in [0, 0.05) is 5.02 Å². The first-order chi connectivity index (χ1) is 16.3. The molecule has 3 aliphatic rings. The number of ketones is 1. The van der Waals surface area contributed by atoms with Crippen molar-refractivity contribution in [1.29, 1.82) is 0 Å². The number of Topliss-reactive ketones (excluding diaryl/α,β-unsaturated/α-hetero) is 1. The van der Waals surface area contributed by atoms with Crippen molar-refractivity contribution >= 4 is 46.0 Å². The number of allylic oxidation sites excluding steroid dienone is 2. The van der Waals surface area contributed by atoms with E-state index in [0.29, 0.717) is 10.7 Å². The van der Waals surface area contributed by atoms with E-state index in [4.69, 9.17) is 11.6 Å². The minimum atomic E-state index is -1.11. The van der Waals surface area contributed by atoms with Gasteiger partial charge in [0.15, 0.2) is 5.78 Å². The Morgan fingerprint density at radius 1 is 0.647 bits per heavy atom. The number of hydrogen-bond acceptors (Lipinski definition) is 3. The molecular formula is C29H22ClNO3. The number of rotatable bonds is 3. The van der Waals surface area contributed by atoms with Crippen LogP contribution in [0, 0.1) is 22.7 Å². The fourth-order valence-electron chi connectivity index (χ4n) is 6.65. The molecule has 1 aliphatic heterocycles. The molecule has 2 aliphatic carbocycles. The Kier molecular flexibility index (Phi) is 4.34. The fraction of sp³-hybridized carbons (Fsp3) is 0.207. The second-order valence-corrected chi connectivity index (χ2v) is 10.1. The lowest BCUT2D eigenvalue weighted by Gasteiger charge is -2.35. The number of carbonyl (C=O) groups is 3. The average Bonchev–Trinajstić information content (AvgIpc) is 3.30. The molecular weight excluding hydrogens is 446 g/mol. The summed E-state index contributed by atoms with van der Waals surface area (Å²) in [4.78, 5) is 43.2. The monoisotopic (exact) mass is 467 g/mol. The Bertz CT molecular complexity index is 1310. The molecule has 3 aromatic carbocycles. The maximum absolute atomic E-state index is 14.2. The molecule has 1 saturated carbocycles. The van der Waals surface area contributed by atoms with Crippen molar-refractivity contribution in [1.82, 2.24) is 0 Å². The topological polar surface area (TPSA) is 54.5 Å². The first kappa shape index (κ1) is 21.1. The molecule has 1 saturated heterocycles. The molecule has 0 N–H and O–H groups in total. The van der Waals surface area contributed by atoms with E-state index >= 15 is 0 Å². The van der Waals surface area contributed by atoms with Crippen molar-refractivity contribution in [2.45, 2.75) is 13.8 Å². The van der Waals surface area contributed by atoms with E-state index in [0.717, 1.165) is 22.3 Å². The molecule has 0 aromatic heterocycles. The first-order valence-electron chi connectivity index (χ1n) is 11.4.